The summed E-state index contributed by atoms with van der Waals surface area (Å²) in [6.45, 7) is 1.16. The summed E-state index contributed by atoms with van der Waals surface area (Å²) in [7, 11) is -3.05. The third-order valence-corrected chi connectivity index (χ3v) is 4.69. The second-order valence-electron chi connectivity index (χ2n) is 4.68. The minimum Gasteiger partial charge on any atom is -0.330 e. The normalized spacial score (nSPS) is 18.8. The van der Waals surface area contributed by atoms with Crippen molar-refractivity contribution in [2.75, 3.05) is 18.8 Å². The summed E-state index contributed by atoms with van der Waals surface area (Å²) in [6, 6.07) is 0. The number of hydrogen-bond acceptors (Lipinski definition) is 3. The Morgan fingerprint density at radius 3 is 2.44 bits per heavy atom. The highest BCUT2D eigenvalue weighted by atomic mass is 32.2. The number of nitrogens with one attached hydrogen (secondary N) is 1. The Morgan fingerprint density at radius 1 is 1.12 bits per heavy atom. The van der Waals surface area contributed by atoms with Gasteiger partial charge in [0.1, 0.15) is 0 Å². The zero-order chi connectivity index (χ0) is 11.9. The number of rotatable bonds is 7. The molecule has 5 heteroatoms. The number of hydrogen-bond donors (Lipinski definition) is 2. The SMILES string of the molecule is NCCCCNS(=O)(=O)CC1CCCCC1. The number of nitrogens with two attached hydrogens (primary N) is 1. The maximum atomic E-state index is 11.7. The molecule has 1 aliphatic carbocycles. The van der Waals surface area contributed by atoms with Crippen molar-refractivity contribution in [3.05, 3.63) is 0 Å². The van der Waals surface area contributed by atoms with Crippen molar-refractivity contribution in [3.63, 3.8) is 0 Å². The van der Waals surface area contributed by atoms with Gasteiger partial charge in [-0.3, -0.25) is 0 Å². The van der Waals surface area contributed by atoms with Gasteiger partial charge in [-0.15, -0.1) is 0 Å². The van der Waals surface area contributed by atoms with Crippen molar-refractivity contribution in [2.45, 2.75) is 44.9 Å². The quantitative estimate of drug-likeness (QED) is 0.666. The van der Waals surface area contributed by atoms with Crippen LogP contribution in [-0.2, 0) is 10.0 Å². The van der Waals surface area contributed by atoms with Crippen LogP contribution in [0.1, 0.15) is 44.9 Å². The molecule has 16 heavy (non-hydrogen) atoms. The molecule has 4 nitrogen and oxygen atoms in total. The molecule has 0 radical (unpaired) electrons. The molecular weight excluding hydrogens is 224 g/mol. The highest BCUT2D eigenvalue weighted by Gasteiger charge is 2.20. The summed E-state index contributed by atoms with van der Waals surface area (Å²) in [6.07, 6.45) is 7.50. The molecule has 0 aliphatic heterocycles. The fourth-order valence-corrected chi connectivity index (χ4v) is 3.75. The Balaban J connectivity index is 2.22. The van der Waals surface area contributed by atoms with Crippen molar-refractivity contribution in [1.82, 2.24) is 4.72 Å². The predicted octanol–water partition coefficient (Wildman–Crippen LogP) is 1.22. The van der Waals surface area contributed by atoms with E-state index in [9.17, 15) is 8.42 Å². The molecule has 0 amide bonds. The summed E-state index contributed by atoms with van der Waals surface area (Å²) in [5, 5.41) is 0. The number of sulfonamides is 1. The molecule has 0 bridgehead atoms. The van der Waals surface area contributed by atoms with Crippen molar-refractivity contribution in [2.24, 2.45) is 11.7 Å². The van der Waals surface area contributed by atoms with Crippen LogP contribution in [-0.4, -0.2) is 27.3 Å². The van der Waals surface area contributed by atoms with E-state index in [0.717, 1.165) is 25.7 Å². The van der Waals surface area contributed by atoms with Crippen molar-refractivity contribution >= 4 is 10.0 Å². The van der Waals surface area contributed by atoms with Crippen LogP contribution >= 0.6 is 0 Å². The molecule has 0 aromatic rings. The zero-order valence-electron chi connectivity index (χ0n) is 9.95. The van der Waals surface area contributed by atoms with E-state index in [4.69, 9.17) is 5.73 Å². The molecule has 0 heterocycles. The van der Waals surface area contributed by atoms with E-state index in [0.29, 0.717) is 24.8 Å². The third kappa shape index (κ3) is 5.82. The van der Waals surface area contributed by atoms with Gasteiger partial charge >= 0.3 is 0 Å². The molecule has 0 atom stereocenters. The summed E-state index contributed by atoms with van der Waals surface area (Å²) < 4.78 is 26.1. The van der Waals surface area contributed by atoms with Crippen LogP contribution in [0, 0.1) is 5.92 Å². The van der Waals surface area contributed by atoms with Gasteiger partial charge in [-0.25, -0.2) is 13.1 Å². The molecule has 3 N–H and O–H groups in total. The summed E-state index contributed by atoms with van der Waals surface area (Å²) in [5.41, 5.74) is 5.35. The standard InChI is InChI=1S/C11H24N2O2S/c12-8-4-5-9-13-16(14,15)10-11-6-2-1-3-7-11/h11,13H,1-10,12H2. The van der Waals surface area contributed by atoms with Crippen LogP contribution in [0.2, 0.25) is 0 Å². The molecule has 1 saturated carbocycles. The minimum absolute atomic E-state index is 0.315. The smallest absolute Gasteiger partial charge is 0.211 e. The first-order valence-corrected chi connectivity index (χ1v) is 7.96. The molecule has 0 aromatic heterocycles. The topological polar surface area (TPSA) is 72.2 Å². The van der Waals surface area contributed by atoms with E-state index in [1.807, 2.05) is 0 Å². The second-order valence-corrected chi connectivity index (χ2v) is 6.53. The van der Waals surface area contributed by atoms with Crippen molar-refractivity contribution < 1.29 is 8.42 Å². The van der Waals surface area contributed by atoms with E-state index in [-0.39, 0.29) is 0 Å². The molecule has 1 aliphatic rings. The zero-order valence-corrected chi connectivity index (χ0v) is 10.8. The Morgan fingerprint density at radius 2 is 1.81 bits per heavy atom. The van der Waals surface area contributed by atoms with E-state index < -0.39 is 10.0 Å². The largest absolute Gasteiger partial charge is 0.330 e. The molecule has 0 aromatic carbocycles. The van der Waals surface area contributed by atoms with E-state index in [1.165, 1.54) is 19.3 Å². The Bertz CT molecular complexity index is 272. The first-order chi connectivity index (χ1) is 7.64. The monoisotopic (exact) mass is 248 g/mol. The highest BCUT2D eigenvalue weighted by Crippen LogP contribution is 2.24. The molecule has 96 valence electrons. The van der Waals surface area contributed by atoms with E-state index in [1.54, 1.807) is 0 Å². The highest BCUT2D eigenvalue weighted by molar-refractivity contribution is 7.89. The van der Waals surface area contributed by atoms with Gasteiger partial charge in [0.05, 0.1) is 5.75 Å². The van der Waals surface area contributed by atoms with Gasteiger partial charge in [0.2, 0.25) is 10.0 Å². The second kappa shape index (κ2) is 7.25. The fourth-order valence-electron chi connectivity index (χ4n) is 2.22. The van der Waals surface area contributed by atoms with Crippen LogP contribution in [0.4, 0.5) is 0 Å². The van der Waals surface area contributed by atoms with Gasteiger partial charge in [0, 0.05) is 6.54 Å². The molecule has 1 rings (SSSR count). The fraction of sp³-hybridized carbons (Fsp3) is 1.00. The van der Waals surface area contributed by atoms with Gasteiger partial charge in [-0.1, -0.05) is 19.3 Å². The lowest BCUT2D eigenvalue weighted by Gasteiger charge is -2.21. The van der Waals surface area contributed by atoms with Crippen LogP contribution in [0.25, 0.3) is 0 Å². The van der Waals surface area contributed by atoms with E-state index in [2.05, 4.69) is 4.72 Å². The molecule has 1 fully saturated rings. The summed E-state index contributed by atoms with van der Waals surface area (Å²) in [4.78, 5) is 0. The van der Waals surface area contributed by atoms with Gasteiger partial charge in [0.15, 0.2) is 0 Å². The summed E-state index contributed by atoms with van der Waals surface area (Å²) in [5.74, 6) is 0.691. The number of unbranched alkanes of at least 4 members (excludes halogenated alkanes) is 1. The first kappa shape index (κ1) is 13.9. The van der Waals surface area contributed by atoms with Crippen LogP contribution < -0.4 is 10.5 Å². The molecule has 0 spiro atoms. The Labute approximate surface area is 99.0 Å². The predicted molar refractivity (Wildman–Crippen MR) is 66.7 cm³/mol. The molecule has 0 unspecified atom stereocenters. The molecular formula is C11H24N2O2S. The average Bonchev–Trinajstić information content (AvgIpc) is 2.25. The maximum absolute atomic E-state index is 11.7. The van der Waals surface area contributed by atoms with Gasteiger partial charge in [-0.2, -0.15) is 0 Å². The minimum atomic E-state index is -3.05. The lowest BCUT2D eigenvalue weighted by molar-refractivity contribution is 0.384. The Hall–Kier alpha value is -0.130. The lowest BCUT2D eigenvalue weighted by atomic mass is 9.91. The van der Waals surface area contributed by atoms with Crippen molar-refractivity contribution in [1.29, 1.82) is 0 Å². The maximum Gasteiger partial charge on any atom is 0.211 e. The molecule has 0 saturated heterocycles. The van der Waals surface area contributed by atoms with E-state index >= 15 is 0 Å². The lowest BCUT2D eigenvalue weighted by Crippen LogP contribution is -2.31. The third-order valence-electron chi connectivity index (χ3n) is 3.13. The summed E-state index contributed by atoms with van der Waals surface area (Å²) >= 11 is 0. The van der Waals surface area contributed by atoms with Gasteiger partial charge in [-0.05, 0) is 38.1 Å². The average molecular weight is 248 g/mol. The first-order valence-electron chi connectivity index (χ1n) is 6.31. The Kier molecular flexibility index (Phi) is 6.31. The van der Waals surface area contributed by atoms with Crippen molar-refractivity contribution in [3.8, 4) is 0 Å². The van der Waals surface area contributed by atoms with Gasteiger partial charge in [0.25, 0.3) is 0 Å². The van der Waals surface area contributed by atoms with Crippen LogP contribution in [0.5, 0.6) is 0 Å². The van der Waals surface area contributed by atoms with Crippen LogP contribution in [0.3, 0.4) is 0 Å². The van der Waals surface area contributed by atoms with Crippen LogP contribution in [0.15, 0.2) is 0 Å². The van der Waals surface area contributed by atoms with Gasteiger partial charge < -0.3 is 5.73 Å².